The Morgan fingerprint density at radius 3 is 2.95 bits per heavy atom. The Balaban J connectivity index is 2.31. The normalized spacial score (nSPS) is 10.0. The van der Waals surface area contributed by atoms with E-state index in [1.54, 1.807) is 12.4 Å². The van der Waals surface area contributed by atoms with Crippen LogP contribution in [0.15, 0.2) is 35.6 Å². The van der Waals surface area contributed by atoms with E-state index in [1.165, 1.54) is 0 Å². The van der Waals surface area contributed by atoms with Crippen molar-refractivity contribution in [3.8, 4) is 17.3 Å². The fraction of sp³-hybridized carbons (Fsp3) is 0.200. The van der Waals surface area contributed by atoms with E-state index in [9.17, 15) is 5.26 Å². The van der Waals surface area contributed by atoms with Crippen LogP contribution in [0, 0.1) is 18.3 Å². The van der Waals surface area contributed by atoms with Gasteiger partial charge in [-0.15, -0.1) is 0 Å². The number of rotatable bonds is 5. The predicted octanol–water partition coefficient (Wildman–Crippen LogP) is 2.07. The summed E-state index contributed by atoms with van der Waals surface area (Å²) >= 11 is 0. The van der Waals surface area contributed by atoms with Gasteiger partial charge >= 0.3 is 0 Å². The minimum absolute atomic E-state index is 0.479. The van der Waals surface area contributed by atoms with E-state index in [2.05, 4.69) is 33.1 Å². The van der Waals surface area contributed by atoms with Gasteiger partial charge in [0, 0.05) is 30.2 Å². The van der Waals surface area contributed by atoms with Crippen LogP contribution in [0.1, 0.15) is 16.8 Å². The molecule has 0 fully saturated rings. The molecule has 0 aliphatic heterocycles. The predicted molar refractivity (Wildman–Crippen MR) is 78.2 cm³/mol. The molecule has 5 nitrogen and oxygen atoms in total. The first kappa shape index (κ1) is 13.8. The first-order chi connectivity index (χ1) is 9.74. The fourth-order valence-electron chi connectivity index (χ4n) is 1.89. The maximum atomic E-state index is 9.29. The third-order valence-electron chi connectivity index (χ3n) is 2.79. The molecule has 20 heavy (non-hydrogen) atoms. The van der Waals surface area contributed by atoms with Gasteiger partial charge in [0.15, 0.2) is 0 Å². The molecule has 0 spiro atoms. The summed E-state index contributed by atoms with van der Waals surface area (Å²) < 4.78 is 0. The van der Waals surface area contributed by atoms with Gasteiger partial charge in [0.2, 0.25) is 0 Å². The number of aryl methyl sites for hydroxylation is 1. The molecule has 0 saturated heterocycles. The first-order valence-electron chi connectivity index (χ1n) is 6.20. The van der Waals surface area contributed by atoms with Crippen LogP contribution >= 0.6 is 0 Å². The number of hydrogen-bond acceptors (Lipinski definition) is 5. The van der Waals surface area contributed by atoms with Gasteiger partial charge in [-0.25, -0.2) is 0 Å². The molecule has 0 atom stereocenters. The lowest BCUT2D eigenvalue weighted by Crippen LogP contribution is -2.13. The number of aromatic nitrogens is 2. The van der Waals surface area contributed by atoms with Crippen molar-refractivity contribution in [2.45, 2.75) is 13.5 Å². The van der Waals surface area contributed by atoms with Crippen LogP contribution in [0.25, 0.3) is 11.3 Å². The van der Waals surface area contributed by atoms with Crippen LogP contribution < -0.4 is 5.32 Å². The van der Waals surface area contributed by atoms with Crippen molar-refractivity contribution >= 4 is 6.72 Å². The molecule has 100 valence electrons. The zero-order chi connectivity index (χ0) is 14.4. The Hall–Kier alpha value is -2.58. The second-order valence-electron chi connectivity index (χ2n) is 4.35. The quantitative estimate of drug-likeness (QED) is 0.663. The van der Waals surface area contributed by atoms with Gasteiger partial charge in [-0.2, -0.15) is 5.26 Å². The Morgan fingerprint density at radius 1 is 1.40 bits per heavy atom. The van der Waals surface area contributed by atoms with Crippen LogP contribution in [0.2, 0.25) is 0 Å². The molecule has 1 N–H and O–H groups in total. The molecule has 2 aromatic rings. The maximum Gasteiger partial charge on any atom is 0.101 e. The molecule has 0 aromatic carbocycles. The summed E-state index contributed by atoms with van der Waals surface area (Å²) in [6.07, 6.45) is 3.49. The van der Waals surface area contributed by atoms with Gasteiger partial charge in [0.1, 0.15) is 6.07 Å². The van der Waals surface area contributed by atoms with E-state index >= 15 is 0 Å². The van der Waals surface area contributed by atoms with Crippen LogP contribution in [0.4, 0.5) is 0 Å². The number of hydrogen-bond donors (Lipinski definition) is 1. The van der Waals surface area contributed by atoms with Crippen molar-refractivity contribution in [2.75, 3.05) is 6.67 Å². The fourth-order valence-corrected chi connectivity index (χ4v) is 1.89. The summed E-state index contributed by atoms with van der Waals surface area (Å²) in [4.78, 5) is 12.3. The van der Waals surface area contributed by atoms with Gasteiger partial charge in [0.25, 0.3) is 0 Å². The number of nitriles is 1. The largest absolute Gasteiger partial charge is 0.294 e. The molecule has 0 aliphatic rings. The topological polar surface area (TPSA) is 74.0 Å². The van der Waals surface area contributed by atoms with Crippen molar-refractivity contribution in [1.82, 2.24) is 15.3 Å². The molecular formula is C15H15N5. The molecule has 5 heteroatoms. The molecule has 0 radical (unpaired) electrons. The zero-order valence-corrected chi connectivity index (χ0v) is 11.3. The van der Waals surface area contributed by atoms with E-state index in [4.69, 9.17) is 0 Å². The van der Waals surface area contributed by atoms with Crippen molar-refractivity contribution in [3.05, 3.63) is 47.4 Å². The lowest BCUT2D eigenvalue weighted by molar-refractivity contribution is 0.711. The number of aliphatic imine (C=N–C) groups is 1. The second kappa shape index (κ2) is 6.55. The lowest BCUT2D eigenvalue weighted by atomic mass is 10.1. The zero-order valence-electron chi connectivity index (χ0n) is 11.3. The third-order valence-corrected chi connectivity index (χ3v) is 2.79. The summed E-state index contributed by atoms with van der Waals surface area (Å²) in [6, 6.07) is 7.82. The van der Waals surface area contributed by atoms with Crippen molar-refractivity contribution in [3.63, 3.8) is 0 Å². The summed E-state index contributed by atoms with van der Waals surface area (Å²) in [5.41, 5.74) is 3.99. The maximum absolute atomic E-state index is 9.29. The number of pyridine rings is 2. The van der Waals surface area contributed by atoms with Gasteiger partial charge in [-0.1, -0.05) is 0 Å². The van der Waals surface area contributed by atoms with Crippen LogP contribution in [0.3, 0.4) is 0 Å². The van der Waals surface area contributed by atoms with Gasteiger partial charge in [-0.3, -0.25) is 20.3 Å². The minimum atomic E-state index is 0.479. The summed E-state index contributed by atoms with van der Waals surface area (Å²) in [5, 5.41) is 12.4. The smallest absolute Gasteiger partial charge is 0.101 e. The molecule has 0 bridgehead atoms. The van der Waals surface area contributed by atoms with Crippen LogP contribution in [0.5, 0.6) is 0 Å². The average Bonchev–Trinajstić information content (AvgIpc) is 2.47. The standard InChI is InChI=1S/C15H15N5/c1-11-5-13(3-4-19-11)15-14(7-16)6-12(9-20-15)8-18-10-17-2/h3-6,9,18H,2,8,10H2,1H3. The molecule has 0 amide bonds. The van der Waals surface area contributed by atoms with Crippen LogP contribution in [-0.4, -0.2) is 23.4 Å². The highest BCUT2D eigenvalue weighted by Gasteiger charge is 2.08. The highest BCUT2D eigenvalue weighted by atomic mass is 15.0. The summed E-state index contributed by atoms with van der Waals surface area (Å²) in [6.45, 7) is 6.40. The minimum Gasteiger partial charge on any atom is -0.294 e. The summed E-state index contributed by atoms with van der Waals surface area (Å²) in [7, 11) is 0. The van der Waals surface area contributed by atoms with E-state index < -0.39 is 0 Å². The monoisotopic (exact) mass is 265 g/mol. The molecule has 2 aromatic heterocycles. The van der Waals surface area contributed by atoms with Gasteiger partial charge in [0.05, 0.1) is 17.9 Å². The molecule has 0 aliphatic carbocycles. The van der Waals surface area contributed by atoms with E-state index in [1.807, 2.05) is 25.1 Å². The first-order valence-corrected chi connectivity index (χ1v) is 6.20. The van der Waals surface area contributed by atoms with Gasteiger partial charge < -0.3 is 0 Å². The van der Waals surface area contributed by atoms with E-state index in [0.717, 1.165) is 16.8 Å². The molecule has 2 rings (SSSR count). The number of nitrogens with zero attached hydrogens (tertiary/aromatic N) is 4. The summed E-state index contributed by atoms with van der Waals surface area (Å²) in [5.74, 6) is 0. The average molecular weight is 265 g/mol. The van der Waals surface area contributed by atoms with Crippen molar-refractivity contribution < 1.29 is 0 Å². The lowest BCUT2D eigenvalue weighted by Gasteiger charge is -2.07. The van der Waals surface area contributed by atoms with Crippen LogP contribution in [-0.2, 0) is 6.54 Å². The highest BCUT2D eigenvalue weighted by molar-refractivity contribution is 5.66. The Morgan fingerprint density at radius 2 is 2.25 bits per heavy atom. The Kier molecular flexibility index (Phi) is 4.53. The van der Waals surface area contributed by atoms with E-state index in [0.29, 0.717) is 24.5 Å². The van der Waals surface area contributed by atoms with E-state index in [-0.39, 0.29) is 0 Å². The van der Waals surface area contributed by atoms with Gasteiger partial charge in [-0.05, 0) is 37.4 Å². The molecule has 0 unspecified atom stereocenters. The van der Waals surface area contributed by atoms with Crippen molar-refractivity contribution in [2.24, 2.45) is 4.99 Å². The molecule has 2 heterocycles. The molecular weight excluding hydrogens is 250 g/mol. The molecule has 0 saturated carbocycles. The van der Waals surface area contributed by atoms with Crippen molar-refractivity contribution in [1.29, 1.82) is 5.26 Å². The number of nitrogens with one attached hydrogen (secondary N) is 1. The second-order valence-corrected chi connectivity index (χ2v) is 4.35. The Labute approximate surface area is 118 Å². The highest BCUT2D eigenvalue weighted by Crippen LogP contribution is 2.21. The third kappa shape index (κ3) is 3.25. The SMILES string of the molecule is C=NCNCc1cnc(-c2ccnc(C)c2)c(C#N)c1. The Bertz CT molecular complexity index is 658.